The van der Waals surface area contributed by atoms with Gasteiger partial charge in [0.15, 0.2) is 4.34 Å². The third-order valence-electron chi connectivity index (χ3n) is 4.43. The number of benzene rings is 3. The van der Waals surface area contributed by atoms with E-state index in [2.05, 4.69) is 15.6 Å². The summed E-state index contributed by atoms with van der Waals surface area (Å²) in [4.78, 5) is 29.0. The van der Waals surface area contributed by atoms with Crippen LogP contribution in [0, 0.1) is 0 Å². The van der Waals surface area contributed by atoms with Gasteiger partial charge in [-0.3, -0.25) is 9.59 Å². The van der Waals surface area contributed by atoms with Gasteiger partial charge in [-0.1, -0.05) is 48.2 Å². The smallest absolute Gasteiger partial charge is 0.255 e. The summed E-state index contributed by atoms with van der Waals surface area (Å²) in [5, 5.41) is 5.76. The summed E-state index contributed by atoms with van der Waals surface area (Å²) in [7, 11) is 0. The van der Waals surface area contributed by atoms with Crippen molar-refractivity contribution in [3.8, 4) is 5.75 Å². The Hall–Kier alpha value is -3.36. The SMILES string of the molecule is O=C(CSc1nc2ccc(NC(=O)c3ccccc3)cc2s1)NCCOc1ccccc1. The van der Waals surface area contributed by atoms with E-state index in [0.717, 1.165) is 20.3 Å². The first-order chi connectivity index (χ1) is 15.7. The molecule has 162 valence electrons. The fraction of sp³-hybridized carbons (Fsp3) is 0.125. The maximum Gasteiger partial charge on any atom is 0.255 e. The average molecular weight is 464 g/mol. The predicted octanol–water partition coefficient (Wildman–Crippen LogP) is 4.84. The van der Waals surface area contributed by atoms with Crippen LogP contribution < -0.4 is 15.4 Å². The van der Waals surface area contributed by atoms with Crippen molar-refractivity contribution in [2.75, 3.05) is 24.2 Å². The normalized spacial score (nSPS) is 10.6. The van der Waals surface area contributed by atoms with Crippen LogP contribution in [0.2, 0.25) is 0 Å². The van der Waals surface area contributed by atoms with Gasteiger partial charge in [-0.2, -0.15) is 0 Å². The molecule has 0 aliphatic rings. The highest BCUT2D eigenvalue weighted by atomic mass is 32.2. The number of carbonyl (C=O) groups excluding carboxylic acids is 2. The molecule has 0 bridgehead atoms. The lowest BCUT2D eigenvalue weighted by Crippen LogP contribution is -2.29. The molecule has 2 N–H and O–H groups in total. The molecular formula is C24H21N3O3S2. The number of ether oxygens (including phenoxy) is 1. The van der Waals surface area contributed by atoms with E-state index in [1.165, 1.54) is 23.1 Å². The summed E-state index contributed by atoms with van der Waals surface area (Å²) in [5.74, 6) is 0.839. The van der Waals surface area contributed by atoms with Crippen LogP contribution in [0.25, 0.3) is 10.2 Å². The molecule has 0 unspecified atom stereocenters. The van der Waals surface area contributed by atoms with Gasteiger partial charge in [-0.25, -0.2) is 4.98 Å². The van der Waals surface area contributed by atoms with Crippen LogP contribution in [0.3, 0.4) is 0 Å². The molecule has 1 heterocycles. The summed E-state index contributed by atoms with van der Waals surface area (Å²) >= 11 is 2.89. The number of amides is 2. The van der Waals surface area contributed by atoms with Crippen molar-refractivity contribution in [1.82, 2.24) is 10.3 Å². The lowest BCUT2D eigenvalue weighted by molar-refractivity contribution is -0.118. The van der Waals surface area contributed by atoms with E-state index in [0.29, 0.717) is 24.4 Å². The average Bonchev–Trinajstić information content (AvgIpc) is 3.24. The van der Waals surface area contributed by atoms with Gasteiger partial charge in [-0.15, -0.1) is 11.3 Å². The molecule has 32 heavy (non-hydrogen) atoms. The zero-order valence-electron chi connectivity index (χ0n) is 17.1. The zero-order valence-corrected chi connectivity index (χ0v) is 18.7. The molecule has 8 heteroatoms. The van der Waals surface area contributed by atoms with Gasteiger partial charge in [0.05, 0.1) is 22.5 Å². The number of thiazole rings is 1. The van der Waals surface area contributed by atoms with E-state index in [1.54, 1.807) is 12.1 Å². The van der Waals surface area contributed by atoms with Gasteiger partial charge in [-0.05, 0) is 42.5 Å². The Balaban J connectivity index is 1.25. The first-order valence-corrected chi connectivity index (χ1v) is 11.8. The number of carbonyl (C=O) groups is 2. The number of hydrogen-bond donors (Lipinski definition) is 2. The van der Waals surface area contributed by atoms with Crippen molar-refractivity contribution < 1.29 is 14.3 Å². The van der Waals surface area contributed by atoms with Crippen LogP contribution in [0.4, 0.5) is 5.69 Å². The van der Waals surface area contributed by atoms with E-state index in [-0.39, 0.29) is 17.6 Å². The van der Waals surface area contributed by atoms with Crippen molar-refractivity contribution in [2.45, 2.75) is 4.34 Å². The highest BCUT2D eigenvalue weighted by molar-refractivity contribution is 8.01. The number of rotatable bonds is 9. The van der Waals surface area contributed by atoms with E-state index >= 15 is 0 Å². The zero-order chi connectivity index (χ0) is 22.2. The fourth-order valence-electron chi connectivity index (χ4n) is 2.89. The van der Waals surface area contributed by atoms with E-state index < -0.39 is 0 Å². The first kappa shape index (κ1) is 21.9. The first-order valence-electron chi connectivity index (χ1n) is 10.0. The maximum atomic E-state index is 12.3. The number of fused-ring (bicyclic) bond motifs is 1. The van der Waals surface area contributed by atoms with Gasteiger partial charge in [0.2, 0.25) is 5.91 Å². The molecule has 4 aromatic rings. The van der Waals surface area contributed by atoms with Crippen molar-refractivity contribution in [3.63, 3.8) is 0 Å². The van der Waals surface area contributed by atoms with Crippen molar-refractivity contribution in [3.05, 3.63) is 84.4 Å². The topological polar surface area (TPSA) is 80.3 Å². The van der Waals surface area contributed by atoms with Gasteiger partial charge in [0, 0.05) is 11.3 Å². The molecule has 0 radical (unpaired) electrons. The Morgan fingerprint density at radius 1 is 0.969 bits per heavy atom. The Morgan fingerprint density at radius 3 is 2.50 bits per heavy atom. The fourth-order valence-corrected chi connectivity index (χ4v) is 4.83. The second-order valence-corrected chi connectivity index (χ2v) is 9.04. The quantitative estimate of drug-likeness (QED) is 0.274. The van der Waals surface area contributed by atoms with Gasteiger partial charge >= 0.3 is 0 Å². The molecule has 6 nitrogen and oxygen atoms in total. The molecule has 4 rings (SSSR count). The van der Waals surface area contributed by atoms with Crippen molar-refractivity contribution >= 4 is 50.8 Å². The lowest BCUT2D eigenvalue weighted by atomic mass is 10.2. The molecule has 0 aliphatic heterocycles. The molecule has 0 aliphatic carbocycles. The number of para-hydroxylation sites is 1. The summed E-state index contributed by atoms with van der Waals surface area (Å²) in [6.45, 7) is 0.859. The molecule has 0 saturated heterocycles. The lowest BCUT2D eigenvalue weighted by Gasteiger charge is -2.07. The second-order valence-electron chi connectivity index (χ2n) is 6.78. The minimum Gasteiger partial charge on any atom is -0.492 e. The number of anilines is 1. The maximum absolute atomic E-state index is 12.3. The Bertz CT molecular complexity index is 1200. The minimum atomic E-state index is -0.156. The largest absolute Gasteiger partial charge is 0.492 e. The van der Waals surface area contributed by atoms with E-state index in [1.807, 2.05) is 66.7 Å². The Morgan fingerprint density at radius 2 is 1.72 bits per heavy atom. The molecule has 2 amide bonds. The third-order valence-corrected chi connectivity index (χ3v) is 6.59. The van der Waals surface area contributed by atoms with Crippen LogP contribution in [0.1, 0.15) is 10.4 Å². The summed E-state index contributed by atoms with van der Waals surface area (Å²) in [6, 6.07) is 24.2. The molecule has 0 spiro atoms. The predicted molar refractivity (Wildman–Crippen MR) is 130 cm³/mol. The van der Waals surface area contributed by atoms with Crippen LogP contribution in [-0.2, 0) is 4.79 Å². The standard InChI is InChI=1S/C24H21N3O3S2/c28-22(25-13-14-30-19-9-5-2-6-10-19)16-31-24-27-20-12-11-18(15-21(20)32-24)26-23(29)17-7-3-1-4-8-17/h1-12,15H,13-14,16H2,(H,25,28)(H,26,29). The second kappa shape index (κ2) is 10.8. The number of nitrogens with one attached hydrogen (secondary N) is 2. The van der Waals surface area contributed by atoms with E-state index in [9.17, 15) is 9.59 Å². The Labute approximate surface area is 194 Å². The highest BCUT2D eigenvalue weighted by Crippen LogP contribution is 2.31. The van der Waals surface area contributed by atoms with Crippen LogP contribution in [0.5, 0.6) is 5.75 Å². The number of nitrogens with zero attached hydrogens (tertiary/aromatic N) is 1. The van der Waals surface area contributed by atoms with Crippen LogP contribution in [-0.4, -0.2) is 35.7 Å². The Kier molecular flexibility index (Phi) is 7.37. The summed E-state index contributed by atoms with van der Waals surface area (Å²) in [6.07, 6.45) is 0. The molecular weight excluding hydrogens is 442 g/mol. The highest BCUT2D eigenvalue weighted by Gasteiger charge is 2.10. The molecule has 1 aromatic heterocycles. The van der Waals surface area contributed by atoms with Gasteiger partial charge in [0.25, 0.3) is 5.91 Å². The molecule has 3 aromatic carbocycles. The van der Waals surface area contributed by atoms with Crippen LogP contribution >= 0.6 is 23.1 Å². The van der Waals surface area contributed by atoms with Gasteiger partial charge in [0.1, 0.15) is 12.4 Å². The van der Waals surface area contributed by atoms with Gasteiger partial charge < -0.3 is 15.4 Å². The molecule has 0 atom stereocenters. The molecule has 0 saturated carbocycles. The number of thioether (sulfide) groups is 1. The number of aromatic nitrogens is 1. The monoisotopic (exact) mass is 463 g/mol. The summed E-state index contributed by atoms with van der Waals surface area (Å²) < 4.78 is 7.33. The third kappa shape index (κ3) is 6.09. The molecule has 0 fully saturated rings. The number of hydrogen-bond acceptors (Lipinski definition) is 6. The van der Waals surface area contributed by atoms with E-state index in [4.69, 9.17) is 4.74 Å². The van der Waals surface area contributed by atoms with Crippen molar-refractivity contribution in [2.24, 2.45) is 0 Å². The minimum absolute atomic E-state index is 0.0678. The van der Waals surface area contributed by atoms with Crippen molar-refractivity contribution in [1.29, 1.82) is 0 Å². The summed E-state index contributed by atoms with van der Waals surface area (Å²) in [5.41, 5.74) is 2.16. The van der Waals surface area contributed by atoms with Crippen LogP contribution in [0.15, 0.2) is 83.2 Å².